The first-order valence-corrected chi connectivity index (χ1v) is 9.00. The van der Waals surface area contributed by atoms with E-state index in [1.165, 1.54) is 24.3 Å². The van der Waals surface area contributed by atoms with Gasteiger partial charge in [0.25, 0.3) is 0 Å². The first kappa shape index (κ1) is 19.9. The number of nitrogens with zero attached hydrogens (tertiary/aromatic N) is 1. The van der Waals surface area contributed by atoms with Crippen LogP contribution in [0.25, 0.3) is 6.08 Å². The van der Waals surface area contributed by atoms with Crippen molar-refractivity contribution in [3.05, 3.63) is 71.1 Å². The molecule has 1 aliphatic heterocycles. The predicted molar refractivity (Wildman–Crippen MR) is 101 cm³/mol. The molecule has 0 saturated carbocycles. The average molecular weight is 390 g/mol. The summed E-state index contributed by atoms with van der Waals surface area (Å²) in [5, 5.41) is 2.78. The van der Waals surface area contributed by atoms with Crippen LogP contribution in [0.15, 0.2) is 42.5 Å². The molecule has 4 nitrogen and oxygen atoms in total. The Kier molecular flexibility index (Phi) is 6.36. The summed E-state index contributed by atoms with van der Waals surface area (Å²) in [6.07, 6.45) is 2.64. The van der Waals surface area contributed by atoms with Gasteiger partial charge in [0.15, 0.2) is 11.6 Å². The lowest BCUT2D eigenvalue weighted by Crippen LogP contribution is -2.37. The maximum atomic E-state index is 14.2. The first-order chi connectivity index (χ1) is 13.4. The number of hydrogen-bond acceptors (Lipinski definition) is 3. The molecule has 1 saturated heterocycles. The number of rotatable bonds is 5. The standard InChI is InChI=1S/C21H21F3N2O2/c1-14(25-21(27)7-3-15-2-5-17(22)19(24)12-15)16-4-6-18(23)20(13-16)26-8-10-28-11-9-26/h2-7,12-14H,8-11H2,1H3,(H,25,27). The van der Waals surface area contributed by atoms with Crippen molar-refractivity contribution in [3.63, 3.8) is 0 Å². The minimum Gasteiger partial charge on any atom is -0.378 e. The molecule has 1 heterocycles. The van der Waals surface area contributed by atoms with Crippen LogP contribution >= 0.6 is 0 Å². The van der Waals surface area contributed by atoms with Crippen LogP contribution in [-0.2, 0) is 9.53 Å². The van der Waals surface area contributed by atoms with Crippen molar-refractivity contribution < 1.29 is 22.7 Å². The van der Waals surface area contributed by atoms with Crippen LogP contribution < -0.4 is 10.2 Å². The van der Waals surface area contributed by atoms with E-state index >= 15 is 0 Å². The van der Waals surface area contributed by atoms with Crippen LogP contribution in [-0.4, -0.2) is 32.2 Å². The van der Waals surface area contributed by atoms with Gasteiger partial charge in [-0.25, -0.2) is 13.2 Å². The fourth-order valence-corrected chi connectivity index (χ4v) is 2.98. The van der Waals surface area contributed by atoms with E-state index in [9.17, 15) is 18.0 Å². The number of morpholine rings is 1. The zero-order chi connectivity index (χ0) is 20.1. The molecule has 1 N–H and O–H groups in total. The van der Waals surface area contributed by atoms with Gasteiger partial charge in [-0.1, -0.05) is 12.1 Å². The molecular weight excluding hydrogens is 369 g/mol. The van der Waals surface area contributed by atoms with Crippen LogP contribution in [0.5, 0.6) is 0 Å². The van der Waals surface area contributed by atoms with Crippen molar-refractivity contribution in [2.45, 2.75) is 13.0 Å². The van der Waals surface area contributed by atoms with E-state index in [1.807, 2.05) is 4.90 Å². The summed E-state index contributed by atoms with van der Waals surface area (Å²) in [5.41, 5.74) is 1.62. The highest BCUT2D eigenvalue weighted by molar-refractivity contribution is 5.92. The molecule has 0 spiro atoms. The number of amides is 1. The number of nitrogens with one attached hydrogen (secondary N) is 1. The maximum Gasteiger partial charge on any atom is 0.244 e. The highest BCUT2D eigenvalue weighted by Gasteiger charge is 2.17. The SMILES string of the molecule is CC(NC(=O)C=Cc1ccc(F)c(F)c1)c1ccc(F)c(N2CCOCC2)c1. The van der Waals surface area contributed by atoms with Crippen molar-refractivity contribution in [2.24, 2.45) is 0 Å². The number of carbonyl (C=O) groups is 1. The minimum atomic E-state index is -0.974. The second-order valence-electron chi connectivity index (χ2n) is 6.55. The fourth-order valence-electron chi connectivity index (χ4n) is 2.98. The lowest BCUT2D eigenvalue weighted by atomic mass is 10.1. The zero-order valence-electron chi connectivity index (χ0n) is 15.4. The highest BCUT2D eigenvalue weighted by Crippen LogP contribution is 2.25. The van der Waals surface area contributed by atoms with Gasteiger partial charge in [0.1, 0.15) is 5.82 Å². The average Bonchev–Trinajstić information content (AvgIpc) is 2.70. The minimum absolute atomic E-state index is 0.317. The Labute approximate surface area is 161 Å². The fraction of sp³-hybridized carbons (Fsp3) is 0.286. The van der Waals surface area contributed by atoms with Gasteiger partial charge >= 0.3 is 0 Å². The third-order valence-electron chi connectivity index (χ3n) is 4.55. The van der Waals surface area contributed by atoms with Crippen LogP contribution in [0, 0.1) is 17.5 Å². The molecule has 2 aromatic rings. The number of hydrogen-bond donors (Lipinski definition) is 1. The van der Waals surface area contributed by atoms with Crippen molar-refractivity contribution in [3.8, 4) is 0 Å². The van der Waals surface area contributed by atoms with E-state index in [0.29, 0.717) is 37.6 Å². The summed E-state index contributed by atoms with van der Waals surface area (Å²) in [7, 11) is 0. The summed E-state index contributed by atoms with van der Waals surface area (Å²) in [4.78, 5) is 14.1. The molecule has 1 amide bonds. The topological polar surface area (TPSA) is 41.6 Å². The van der Waals surface area contributed by atoms with Gasteiger partial charge in [0.05, 0.1) is 24.9 Å². The molecule has 0 radical (unpaired) electrons. The van der Waals surface area contributed by atoms with E-state index < -0.39 is 17.5 Å². The lowest BCUT2D eigenvalue weighted by Gasteiger charge is -2.29. The van der Waals surface area contributed by atoms with Gasteiger partial charge in [0, 0.05) is 19.2 Å². The Hall–Kier alpha value is -2.80. The zero-order valence-corrected chi connectivity index (χ0v) is 15.4. The van der Waals surface area contributed by atoms with Crippen LogP contribution in [0.4, 0.5) is 18.9 Å². The Morgan fingerprint density at radius 1 is 1.07 bits per heavy atom. The Morgan fingerprint density at radius 2 is 1.79 bits per heavy atom. The molecule has 0 aliphatic carbocycles. The summed E-state index contributed by atoms with van der Waals surface area (Å²) >= 11 is 0. The highest BCUT2D eigenvalue weighted by atomic mass is 19.2. The quantitative estimate of drug-likeness (QED) is 0.789. The smallest absolute Gasteiger partial charge is 0.244 e. The molecule has 7 heteroatoms. The number of ether oxygens (including phenoxy) is 1. The van der Waals surface area contributed by atoms with E-state index in [4.69, 9.17) is 4.74 Å². The van der Waals surface area contributed by atoms with Gasteiger partial charge < -0.3 is 15.0 Å². The van der Waals surface area contributed by atoms with Crippen LogP contribution in [0.1, 0.15) is 24.1 Å². The second-order valence-corrected chi connectivity index (χ2v) is 6.55. The number of anilines is 1. The van der Waals surface area contributed by atoms with Gasteiger partial charge in [-0.15, -0.1) is 0 Å². The molecule has 2 aromatic carbocycles. The Morgan fingerprint density at radius 3 is 2.50 bits per heavy atom. The van der Waals surface area contributed by atoms with Crippen molar-refractivity contribution in [1.29, 1.82) is 0 Å². The maximum absolute atomic E-state index is 14.2. The predicted octanol–water partition coefficient (Wildman–Crippen LogP) is 3.83. The van der Waals surface area contributed by atoms with Crippen LogP contribution in [0.3, 0.4) is 0 Å². The molecule has 1 atom stereocenters. The van der Waals surface area contributed by atoms with Gasteiger partial charge in [-0.2, -0.15) is 0 Å². The molecule has 1 fully saturated rings. The Balaban J connectivity index is 1.66. The number of carbonyl (C=O) groups excluding carboxylic acids is 1. The number of benzene rings is 2. The molecule has 148 valence electrons. The van der Waals surface area contributed by atoms with E-state index in [2.05, 4.69) is 5.32 Å². The normalized spacial score (nSPS) is 15.6. The molecule has 1 unspecified atom stereocenters. The summed E-state index contributed by atoms with van der Waals surface area (Å²) in [6.45, 7) is 4.10. The molecular formula is C21H21F3N2O2. The van der Waals surface area contributed by atoms with Crippen molar-refractivity contribution in [2.75, 3.05) is 31.2 Å². The summed E-state index contributed by atoms with van der Waals surface area (Å²) in [6, 6.07) is 7.77. The van der Waals surface area contributed by atoms with E-state index in [-0.39, 0.29) is 11.9 Å². The Bertz CT molecular complexity index is 880. The summed E-state index contributed by atoms with van der Waals surface area (Å²) < 4.78 is 45.7. The van der Waals surface area contributed by atoms with Crippen molar-refractivity contribution >= 4 is 17.7 Å². The monoisotopic (exact) mass is 390 g/mol. The van der Waals surface area contributed by atoms with Gasteiger partial charge in [-0.3, -0.25) is 4.79 Å². The largest absolute Gasteiger partial charge is 0.378 e. The van der Waals surface area contributed by atoms with E-state index in [0.717, 1.165) is 17.7 Å². The number of halogens is 3. The molecule has 3 rings (SSSR count). The van der Waals surface area contributed by atoms with Gasteiger partial charge in [-0.05, 0) is 48.4 Å². The molecule has 1 aliphatic rings. The van der Waals surface area contributed by atoms with Crippen LogP contribution in [0.2, 0.25) is 0 Å². The van der Waals surface area contributed by atoms with E-state index in [1.54, 1.807) is 19.1 Å². The second kappa shape index (κ2) is 8.93. The van der Waals surface area contributed by atoms with Gasteiger partial charge in [0.2, 0.25) is 5.91 Å². The third kappa shape index (κ3) is 4.92. The first-order valence-electron chi connectivity index (χ1n) is 9.00. The lowest BCUT2D eigenvalue weighted by molar-refractivity contribution is -0.117. The third-order valence-corrected chi connectivity index (χ3v) is 4.55. The molecule has 28 heavy (non-hydrogen) atoms. The summed E-state index contributed by atoms with van der Waals surface area (Å²) in [5.74, 6) is -2.63. The van der Waals surface area contributed by atoms with Crippen molar-refractivity contribution in [1.82, 2.24) is 5.32 Å². The molecule has 0 bridgehead atoms. The molecule has 0 aromatic heterocycles.